The van der Waals surface area contributed by atoms with E-state index in [4.69, 9.17) is 11.6 Å². The van der Waals surface area contributed by atoms with Crippen LogP contribution in [0.4, 0.5) is 0 Å². The van der Waals surface area contributed by atoms with E-state index >= 15 is 0 Å². The fourth-order valence-corrected chi connectivity index (χ4v) is 4.88. The lowest BCUT2D eigenvalue weighted by molar-refractivity contribution is -0.140. The van der Waals surface area contributed by atoms with Crippen LogP contribution in [-0.4, -0.2) is 47.2 Å². The first-order valence-electron chi connectivity index (χ1n) is 11.3. The Labute approximate surface area is 185 Å². The first kappa shape index (κ1) is 25.1. The summed E-state index contributed by atoms with van der Waals surface area (Å²) in [7, 11) is 1.38. The molecule has 0 aromatic rings. The Morgan fingerprint density at radius 3 is 2.70 bits per heavy atom. The van der Waals surface area contributed by atoms with Crippen LogP contribution in [0.1, 0.15) is 70.6 Å². The maximum Gasteiger partial charge on any atom is 0.305 e. The molecule has 0 amide bonds. The van der Waals surface area contributed by atoms with Gasteiger partial charge in [0.1, 0.15) is 5.78 Å². The van der Waals surface area contributed by atoms with Gasteiger partial charge < -0.3 is 14.9 Å². The van der Waals surface area contributed by atoms with Gasteiger partial charge in [0.25, 0.3) is 0 Å². The van der Waals surface area contributed by atoms with E-state index in [0.717, 1.165) is 44.9 Å². The highest BCUT2D eigenvalue weighted by Gasteiger charge is 2.43. The number of Topliss-reactive ketones (excluding diaryl/α,β-unsaturated/α-hetero) is 1. The number of aliphatic hydroxyl groups excluding tert-OH is 2. The average Bonchev–Trinajstić information content (AvgIpc) is 2.96. The molecule has 2 N–H and O–H groups in total. The van der Waals surface area contributed by atoms with Crippen LogP contribution in [0.25, 0.3) is 0 Å². The maximum absolute atomic E-state index is 12.4. The quantitative estimate of drug-likeness (QED) is 0.192. The molecule has 2 fully saturated rings. The van der Waals surface area contributed by atoms with E-state index < -0.39 is 12.2 Å². The second-order valence-corrected chi connectivity index (χ2v) is 9.17. The van der Waals surface area contributed by atoms with Gasteiger partial charge in [-0.1, -0.05) is 37.1 Å². The predicted molar refractivity (Wildman–Crippen MR) is 118 cm³/mol. The zero-order valence-corrected chi connectivity index (χ0v) is 18.9. The first-order valence-corrected chi connectivity index (χ1v) is 11.8. The molecule has 0 aliphatic heterocycles. The first-order chi connectivity index (χ1) is 14.4. The molecule has 5 nitrogen and oxygen atoms in total. The molecule has 2 rings (SSSR count). The molecule has 0 unspecified atom stereocenters. The van der Waals surface area contributed by atoms with Crippen LogP contribution in [0.2, 0.25) is 0 Å². The van der Waals surface area contributed by atoms with Gasteiger partial charge in [0, 0.05) is 30.6 Å². The Hall–Kier alpha value is -1.17. The van der Waals surface area contributed by atoms with Crippen molar-refractivity contribution in [3.63, 3.8) is 0 Å². The number of aliphatic hydroxyl groups is 2. The van der Waals surface area contributed by atoms with Crippen LogP contribution in [0.15, 0.2) is 24.3 Å². The molecule has 0 aromatic heterocycles. The lowest BCUT2D eigenvalue weighted by atomic mass is 9.62. The van der Waals surface area contributed by atoms with Gasteiger partial charge in [0.15, 0.2) is 0 Å². The second kappa shape index (κ2) is 12.6. The van der Waals surface area contributed by atoms with Crippen LogP contribution in [-0.2, 0) is 14.3 Å². The minimum atomic E-state index is -0.688. The molecular formula is C24H37ClO5. The Morgan fingerprint density at radius 2 is 2.07 bits per heavy atom. The number of ketones is 1. The summed E-state index contributed by atoms with van der Waals surface area (Å²) in [5.74, 6) is -0.00351. The third-order valence-corrected chi connectivity index (χ3v) is 7.09. The molecule has 4 atom stereocenters. The fraction of sp³-hybridized carbons (Fsp3) is 0.750. The minimum absolute atomic E-state index is 0.0643. The van der Waals surface area contributed by atoms with Gasteiger partial charge in [0.2, 0.25) is 0 Å². The maximum atomic E-state index is 12.4. The number of ether oxygens (including phenoxy) is 1. The lowest BCUT2D eigenvalue weighted by Gasteiger charge is -2.45. The van der Waals surface area contributed by atoms with Gasteiger partial charge in [-0.2, -0.15) is 0 Å². The van der Waals surface area contributed by atoms with Crippen molar-refractivity contribution in [2.75, 3.05) is 13.0 Å². The van der Waals surface area contributed by atoms with E-state index in [-0.39, 0.29) is 35.4 Å². The molecule has 0 spiro atoms. The summed E-state index contributed by atoms with van der Waals surface area (Å²) >= 11 is 5.79. The van der Waals surface area contributed by atoms with Gasteiger partial charge in [-0.05, 0) is 50.4 Å². The molecule has 0 heterocycles. The van der Waals surface area contributed by atoms with Crippen molar-refractivity contribution in [1.82, 2.24) is 0 Å². The van der Waals surface area contributed by atoms with Crippen LogP contribution in [0.3, 0.4) is 0 Å². The van der Waals surface area contributed by atoms with E-state index in [1.54, 1.807) is 0 Å². The smallest absolute Gasteiger partial charge is 0.305 e. The summed E-state index contributed by atoms with van der Waals surface area (Å²) in [5.41, 5.74) is -0.0643. The van der Waals surface area contributed by atoms with E-state index in [0.29, 0.717) is 25.1 Å². The van der Waals surface area contributed by atoms with Gasteiger partial charge >= 0.3 is 5.97 Å². The summed E-state index contributed by atoms with van der Waals surface area (Å²) < 4.78 is 4.62. The molecule has 2 aliphatic carbocycles. The highest BCUT2D eigenvalue weighted by atomic mass is 35.5. The van der Waals surface area contributed by atoms with E-state index in [9.17, 15) is 19.8 Å². The van der Waals surface area contributed by atoms with Crippen molar-refractivity contribution in [3.05, 3.63) is 24.3 Å². The van der Waals surface area contributed by atoms with Crippen molar-refractivity contribution in [2.45, 2.75) is 82.8 Å². The number of rotatable bonds is 13. The molecule has 6 heteroatoms. The molecule has 0 saturated heterocycles. The Kier molecular flexibility index (Phi) is 10.6. The van der Waals surface area contributed by atoms with Gasteiger partial charge in [-0.3, -0.25) is 9.59 Å². The summed E-state index contributed by atoms with van der Waals surface area (Å²) in [6, 6.07) is 0. The van der Waals surface area contributed by atoms with Crippen LogP contribution in [0.5, 0.6) is 0 Å². The van der Waals surface area contributed by atoms with E-state index in [2.05, 4.69) is 4.74 Å². The Bertz CT molecular complexity index is 611. The number of hydrogen-bond donors (Lipinski definition) is 2. The SMILES string of the molecule is COC(=O)CCC/C=C\C[C@H]1C(=O)C[C@@H](O)[C@@H]1/C=C/[C@@H](O)C1(CCCCCl)CCC1. The molecule has 0 bridgehead atoms. The van der Waals surface area contributed by atoms with Crippen LogP contribution >= 0.6 is 11.6 Å². The van der Waals surface area contributed by atoms with Crippen molar-refractivity contribution < 1.29 is 24.5 Å². The zero-order chi connectivity index (χ0) is 22.0. The van der Waals surface area contributed by atoms with Gasteiger partial charge in [-0.15, -0.1) is 11.6 Å². The standard InChI is InChI=1S/C24H37ClO5/c1-30-23(29)10-5-3-2-4-9-18-19(21(27)17-20(18)26)11-12-22(28)24(14-8-15-24)13-6-7-16-25/h2,4,11-12,18-19,21-22,27-28H,3,5-10,13-17H2,1H3/b4-2-,12-11+/t18-,19-,21-,22-/m1/s1. The summed E-state index contributed by atoms with van der Waals surface area (Å²) in [6.07, 6.45) is 15.1. The van der Waals surface area contributed by atoms with E-state index in [1.165, 1.54) is 7.11 Å². The normalized spacial score (nSPS) is 26.9. The molecular weight excluding hydrogens is 404 g/mol. The minimum Gasteiger partial charge on any atom is -0.469 e. The second-order valence-electron chi connectivity index (χ2n) is 8.79. The van der Waals surface area contributed by atoms with Crippen molar-refractivity contribution in [3.8, 4) is 0 Å². The van der Waals surface area contributed by atoms with Crippen molar-refractivity contribution >= 4 is 23.4 Å². The highest BCUT2D eigenvalue weighted by molar-refractivity contribution is 6.17. The molecule has 170 valence electrons. The number of carbonyl (C=O) groups is 2. The topological polar surface area (TPSA) is 83.8 Å². The number of carbonyl (C=O) groups excluding carboxylic acids is 2. The molecule has 2 saturated carbocycles. The van der Waals surface area contributed by atoms with E-state index in [1.807, 2.05) is 24.3 Å². The number of allylic oxidation sites excluding steroid dienone is 2. The molecule has 30 heavy (non-hydrogen) atoms. The zero-order valence-electron chi connectivity index (χ0n) is 18.1. The van der Waals surface area contributed by atoms with Crippen molar-refractivity contribution in [1.29, 1.82) is 0 Å². The number of esters is 1. The molecule has 2 aliphatic rings. The third-order valence-electron chi connectivity index (χ3n) is 6.82. The third kappa shape index (κ3) is 6.93. The number of alkyl halides is 1. The predicted octanol–water partition coefficient (Wildman–Crippen LogP) is 4.34. The summed E-state index contributed by atoms with van der Waals surface area (Å²) in [5, 5.41) is 21.2. The number of halogens is 1. The lowest BCUT2D eigenvalue weighted by Crippen LogP contribution is -2.40. The number of unbranched alkanes of at least 4 members (excludes halogenated alkanes) is 2. The Morgan fingerprint density at radius 1 is 1.30 bits per heavy atom. The largest absolute Gasteiger partial charge is 0.469 e. The van der Waals surface area contributed by atoms with Crippen LogP contribution < -0.4 is 0 Å². The number of methoxy groups -OCH3 is 1. The Balaban J connectivity index is 1.88. The summed E-state index contributed by atoms with van der Waals surface area (Å²) in [6.45, 7) is 0. The molecule has 0 aromatic carbocycles. The average molecular weight is 441 g/mol. The van der Waals surface area contributed by atoms with Gasteiger partial charge in [0.05, 0.1) is 19.3 Å². The molecule has 0 radical (unpaired) electrons. The highest BCUT2D eigenvalue weighted by Crippen LogP contribution is 2.48. The monoisotopic (exact) mass is 440 g/mol. The summed E-state index contributed by atoms with van der Waals surface area (Å²) in [4.78, 5) is 23.5. The van der Waals surface area contributed by atoms with Crippen LogP contribution in [0, 0.1) is 17.3 Å². The van der Waals surface area contributed by atoms with Gasteiger partial charge in [-0.25, -0.2) is 0 Å². The number of hydrogen-bond acceptors (Lipinski definition) is 5. The fourth-order valence-electron chi connectivity index (χ4n) is 4.69. The van der Waals surface area contributed by atoms with Crippen molar-refractivity contribution in [2.24, 2.45) is 17.3 Å².